The van der Waals surface area contributed by atoms with Gasteiger partial charge in [-0.1, -0.05) is 12.1 Å². The molecule has 6 heteroatoms. The minimum absolute atomic E-state index is 0.116. The first-order valence-electron chi connectivity index (χ1n) is 7.55. The standard InChI is InChI=1S/C17H19N3O3/c1-22-14-6-3-2-5-13(14)20-16-9-8-12(11-18-16)19-17(21)15-7-4-10-23-15/h2-3,5-6,8-9,11,15H,4,7,10H2,1H3,(H,18,20)(H,19,21). The number of benzene rings is 1. The zero-order chi connectivity index (χ0) is 16.1. The summed E-state index contributed by atoms with van der Waals surface area (Å²) in [5.41, 5.74) is 1.48. The monoisotopic (exact) mass is 313 g/mol. The third-order valence-corrected chi connectivity index (χ3v) is 3.62. The zero-order valence-electron chi connectivity index (χ0n) is 12.9. The molecule has 0 aliphatic carbocycles. The molecule has 3 rings (SSSR count). The number of nitrogens with zero attached hydrogens (tertiary/aromatic N) is 1. The van der Waals surface area contributed by atoms with Gasteiger partial charge in [0.05, 0.1) is 24.7 Å². The summed E-state index contributed by atoms with van der Waals surface area (Å²) in [6.45, 7) is 0.651. The minimum Gasteiger partial charge on any atom is -0.495 e. The van der Waals surface area contributed by atoms with E-state index in [0.29, 0.717) is 18.1 Å². The van der Waals surface area contributed by atoms with Gasteiger partial charge in [0, 0.05) is 6.61 Å². The highest BCUT2D eigenvalue weighted by molar-refractivity contribution is 5.94. The molecule has 2 heterocycles. The molecule has 0 spiro atoms. The molecule has 1 amide bonds. The molecule has 2 N–H and O–H groups in total. The number of ether oxygens (including phenoxy) is 2. The number of nitrogens with one attached hydrogen (secondary N) is 2. The molecular formula is C17H19N3O3. The number of rotatable bonds is 5. The van der Waals surface area contributed by atoms with Crippen molar-refractivity contribution >= 4 is 23.1 Å². The molecule has 120 valence electrons. The van der Waals surface area contributed by atoms with Crippen LogP contribution in [0.4, 0.5) is 17.2 Å². The van der Waals surface area contributed by atoms with Gasteiger partial charge < -0.3 is 20.1 Å². The van der Waals surface area contributed by atoms with E-state index in [0.717, 1.165) is 24.3 Å². The Kier molecular flexibility index (Phi) is 4.73. The van der Waals surface area contributed by atoms with Gasteiger partial charge >= 0.3 is 0 Å². The van der Waals surface area contributed by atoms with E-state index >= 15 is 0 Å². The lowest BCUT2D eigenvalue weighted by Crippen LogP contribution is -2.26. The van der Waals surface area contributed by atoms with Crippen LogP contribution in [0.15, 0.2) is 42.6 Å². The maximum atomic E-state index is 12.0. The number of amides is 1. The molecule has 6 nitrogen and oxygen atoms in total. The number of pyridine rings is 1. The Morgan fingerprint density at radius 1 is 1.30 bits per heavy atom. The van der Waals surface area contributed by atoms with Crippen LogP contribution in [0, 0.1) is 0 Å². The quantitative estimate of drug-likeness (QED) is 0.888. The molecule has 1 atom stereocenters. The van der Waals surface area contributed by atoms with Gasteiger partial charge in [0.1, 0.15) is 17.7 Å². The average Bonchev–Trinajstić information content (AvgIpc) is 3.12. The first-order valence-corrected chi connectivity index (χ1v) is 7.55. The van der Waals surface area contributed by atoms with E-state index in [1.807, 2.05) is 24.3 Å². The maximum absolute atomic E-state index is 12.0. The van der Waals surface area contributed by atoms with Crippen LogP contribution in [0.5, 0.6) is 5.75 Å². The number of aromatic nitrogens is 1. The van der Waals surface area contributed by atoms with Crippen molar-refractivity contribution < 1.29 is 14.3 Å². The van der Waals surface area contributed by atoms with E-state index in [2.05, 4.69) is 15.6 Å². The van der Waals surface area contributed by atoms with Gasteiger partial charge in [-0.25, -0.2) is 4.98 Å². The summed E-state index contributed by atoms with van der Waals surface area (Å²) < 4.78 is 10.6. The highest BCUT2D eigenvalue weighted by Crippen LogP contribution is 2.26. The number of carbonyl (C=O) groups excluding carboxylic acids is 1. The summed E-state index contributed by atoms with van der Waals surface area (Å²) in [6.07, 6.45) is 2.97. The molecule has 0 saturated carbocycles. The Hall–Kier alpha value is -2.60. The zero-order valence-corrected chi connectivity index (χ0v) is 12.9. The van der Waals surface area contributed by atoms with Crippen LogP contribution in [0.1, 0.15) is 12.8 Å². The molecule has 0 bridgehead atoms. The van der Waals surface area contributed by atoms with Crippen LogP contribution in [-0.2, 0) is 9.53 Å². The summed E-state index contributed by atoms with van der Waals surface area (Å²) in [4.78, 5) is 16.3. The highest BCUT2D eigenvalue weighted by Gasteiger charge is 2.23. The normalized spacial score (nSPS) is 16.8. The van der Waals surface area contributed by atoms with Gasteiger partial charge in [0.2, 0.25) is 0 Å². The summed E-state index contributed by atoms with van der Waals surface area (Å²) >= 11 is 0. The van der Waals surface area contributed by atoms with Crippen LogP contribution in [-0.4, -0.2) is 30.7 Å². The van der Waals surface area contributed by atoms with Gasteiger partial charge in [-0.3, -0.25) is 4.79 Å². The van der Waals surface area contributed by atoms with Crippen molar-refractivity contribution in [2.75, 3.05) is 24.4 Å². The number of para-hydroxylation sites is 2. The van der Waals surface area contributed by atoms with Gasteiger partial charge in [0.15, 0.2) is 0 Å². The average molecular weight is 313 g/mol. The number of hydrogen-bond donors (Lipinski definition) is 2. The van der Waals surface area contributed by atoms with Crippen LogP contribution in [0.2, 0.25) is 0 Å². The lowest BCUT2D eigenvalue weighted by atomic mass is 10.2. The first-order chi connectivity index (χ1) is 11.3. The molecular weight excluding hydrogens is 294 g/mol. The van der Waals surface area contributed by atoms with Gasteiger partial charge in [-0.15, -0.1) is 0 Å². The summed E-state index contributed by atoms with van der Waals surface area (Å²) in [5.74, 6) is 1.30. The molecule has 1 aliphatic rings. The van der Waals surface area contributed by atoms with Crippen molar-refractivity contribution in [1.82, 2.24) is 4.98 Å². The first kappa shape index (κ1) is 15.3. The van der Waals surface area contributed by atoms with E-state index in [9.17, 15) is 4.79 Å². The van der Waals surface area contributed by atoms with Crippen molar-refractivity contribution in [1.29, 1.82) is 0 Å². The topological polar surface area (TPSA) is 72.5 Å². The summed E-state index contributed by atoms with van der Waals surface area (Å²) in [7, 11) is 1.62. The van der Waals surface area contributed by atoms with E-state index in [4.69, 9.17) is 9.47 Å². The largest absolute Gasteiger partial charge is 0.495 e. The SMILES string of the molecule is COc1ccccc1Nc1ccc(NC(=O)C2CCCO2)cn1. The fourth-order valence-electron chi connectivity index (χ4n) is 2.43. The smallest absolute Gasteiger partial charge is 0.253 e. The van der Waals surface area contributed by atoms with Crippen molar-refractivity contribution in [3.63, 3.8) is 0 Å². The number of carbonyl (C=O) groups is 1. The molecule has 0 radical (unpaired) electrons. The Balaban J connectivity index is 1.63. The van der Waals surface area contributed by atoms with Crippen molar-refractivity contribution in [3.8, 4) is 5.75 Å². The van der Waals surface area contributed by atoms with Gasteiger partial charge in [0.25, 0.3) is 5.91 Å². The Morgan fingerprint density at radius 3 is 2.87 bits per heavy atom. The molecule has 1 fully saturated rings. The lowest BCUT2D eigenvalue weighted by Gasteiger charge is -2.12. The molecule has 1 saturated heterocycles. The van der Waals surface area contributed by atoms with Crippen LogP contribution in [0.25, 0.3) is 0 Å². The fraction of sp³-hybridized carbons (Fsp3) is 0.294. The Bertz CT molecular complexity index is 667. The van der Waals surface area contributed by atoms with Crippen LogP contribution in [0.3, 0.4) is 0 Å². The molecule has 2 aromatic rings. The predicted molar refractivity (Wildman–Crippen MR) is 88.1 cm³/mol. The lowest BCUT2D eigenvalue weighted by molar-refractivity contribution is -0.124. The molecule has 1 aliphatic heterocycles. The molecule has 1 aromatic carbocycles. The highest BCUT2D eigenvalue weighted by atomic mass is 16.5. The van der Waals surface area contributed by atoms with E-state index < -0.39 is 0 Å². The fourth-order valence-corrected chi connectivity index (χ4v) is 2.43. The third-order valence-electron chi connectivity index (χ3n) is 3.62. The maximum Gasteiger partial charge on any atom is 0.253 e. The van der Waals surface area contributed by atoms with E-state index in [-0.39, 0.29) is 12.0 Å². The van der Waals surface area contributed by atoms with E-state index in [1.165, 1.54) is 0 Å². The second kappa shape index (κ2) is 7.11. The van der Waals surface area contributed by atoms with Crippen LogP contribution >= 0.6 is 0 Å². The predicted octanol–water partition coefficient (Wildman–Crippen LogP) is 2.95. The number of anilines is 3. The molecule has 23 heavy (non-hydrogen) atoms. The third kappa shape index (κ3) is 3.78. The molecule has 1 aromatic heterocycles. The summed E-state index contributed by atoms with van der Waals surface area (Å²) in [5, 5.41) is 6.00. The minimum atomic E-state index is -0.346. The van der Waals surface area contributed by atoms with Gasteiger partial charge in [-0.05, 0) is 37.1 Å². The van der Waals surface area contributed by atoms with E-state index in [1.54, 1.807) is 25.4 Å². The summed E-state index contributed by atoms with van der Waals surface area (Å²) in [6, 6.07) is 11.2. The molecule has 1 unspecified atom stereocenters. The van der Waals surface area contributed by atoms with Crippen molar-refractivity contribution in [2.24, 2.45) is 0 Å². The second-order valence-corrected chi connectivity index (χ2v) is 5.25. The van der Waals surface area contributed by atoms with Crippen molar-refractivity contribution in [2.45, 2.75) is 18.9 Å². The number of hydrogen-bond acceptors (Lipinski definition) is 5. The van der Waals surface area contributed by atoms with Crippen molar-refractivity contribution in [3.05, 3.63) is 42.6 Å². The van der Waals surface area contributed by atoms with Crippen LogP contribution < -0.4 is 15.4 Å². The Morgan fingerprint density at radius 2 is 2.17 bits per heavy atom. The van der Waals surface area contributed by atoms with Gasteiger partial charge in [-0.2, -0.15) is 0 Å². The second-order valence-electron chi connectivity index (χ2n) is 5.25. The number of methoxy groups -OCH3 is 1. The Labute approximate surface area is 134 Å².